The highest BCUT2D eigenvalue weighted by molar-refractivity contribution is 9.10. The van der Waals surface area contributed by atoms with Crippen LogP contribution < -0.4 is 15.0 Å². The number of hydrogen-bond acceptors (Lipinski definition) is 5. The van der Waals surface area contributed by atoms with E-state index in [0.29, 0.717) is 30.1 Å². The first-order chi connectivity index (χ1) is 17.5. The van der Waals surface area contributed by atoms with Gasteiger partial charge in [-0.2, -0.15) is 5.26 Å². The van der Waals surface area contributed by atoms with Crippen molar-refractivity contribution >= 4 is 45.2 Å². The fourth-order valence-electron chi connectivity index (χ4n) is 3.83. The Hall–Kier alpha value is -3.54. The molecule has 1 N–H and O–H groups in total. The second kappa shape index (κ2) is 11.9. The SMILES string of the molecule is COc1ccc(CCNC(=O)/C(C#N)=C2/S[C@H](Cc3ccc(Br)cc3)C(=O)N2c2ccccc2)cc1. The first-order valence-corrected chi connectivity index (χ1v) is 13.0. The minimum Gasteiger partial charge on any atom is -0.497 e. The highest BCUT2D eigenvalue weighted by Gasteiger charge is 2.40. The predicted molar refractivity (Wildman–Crippen MR) is 145 cm³/mol. The van der Waals surface area contributed by atoms with E-state index >= 15 is 0 Å². The first-order valence-electron chi connectivity index (χ1n) is 11.4. The van der Waals surface area contributed by atoms with Crippen LogP contribution in [0.25, 0.3) is 0 Å². The third-order valence-electron chi connectivity index (χ3n) is 5.71. The van der Waals surface area contributed by atoms with Gasteiger partial charge in [0.1, 0.15) is 22.4 Å². The number of amides is 2. The number of ether oxygens (including phenoxy) is 1. The van der Waals surface area contributed by atoms with Crippen LogP contribution in [0.2, 0.25) is 0 Å². The molecule has 1 aliphatic heterocycles. The number of benzene rings is 3. The van der Waals surface area contributed by atoms with E-state index in [-0.39, 0.29) is 11.5 Å². The Bertz CT molecular complexity index is 1300. The van der Waals surface area contributed by atoms with Crippen molar-refractivity contribution in [3.8, 4) is 11.8 Å². The molecule has 0 radical (unpaired) electrons. The molecule has 1 atom stereocenters. The summed E-state index contributed by atoms with van der Waals surface area (Å²) in [6, 6.07) is 26.6. The molecule has 0 saturated carbocycles. The van der Waals surface area contributed by atoms with Gasteiger partial charge in [-0.05, 0) is 60.4 Å². The topological polar surface area (TPSA) is 82.4 Å². The molecule has 1 heterocycles. The van der Waals surface area contributed by atoms with Crippen molar-refractivity contribution < 1.29 is 14.3 Å². The molecule has 3 aromatic rings. The number of anilines is 1. The number of nitriles is 1. The maximum Gasteiger partial charge on any atom is 0.264 e. The number of hydrogen-bond donors (Lipinski definition) is 1. The molecule has 0 bridgehead atoms. The fraction of sp³-hybridized carbons (Fsp3) is 0.179. The van der Waals surface area contributed by atoms with E-state index in [1.807, 2.05) is 72.8 Å². The lowest BCUT2D eigenvalue weighted by atomic mass is 10.1. The van der Waals surface area contributed by atoms with Gasteiger partial charge in [-0.25, -0.2) is 0 Å². The maximum atomic E-state index is 13.5. The average Bonchev–Trinajstić information content (AvgIpc) is 3.22. The second-order valence-corrected chi connectivity index (χ2v) is 10.2. The number of para-hydroxylation sites is 1. The average molecular weight is 562 g/mol. The largest absolute Gasteiger partial charge is 0.497 e. The molecule has 182 valence electrons. The molecule has 36 heavy (non-hydrogen) atoms. The third kappa shape index (κ3) is 5.99. The number of thioether (sulfide) groups is 1. The summed E-state index contributed by atoms with van der Waals surface area (Å²) in [5.41, 5.74) is 2.60. The Balaban J connectivity index is 1.55. The van der Waals surface area contributed by atoms with E-state index in [2.05, 4.69) is 21.2 Å². The summed E-state index contributed by atoms with van der Waals surface area (Å²) >= 11 is 4.69. The first kappa shape index (κ1) is 25.5. The minimum absolute atomic E-state index is 0.0646. The van der Waals surface area contributed by atoms with E-state index in [9.17, 15) is 14.9 Å². The van der Waals surface area contributed by atoms with Crippen molar-refractivity contribution in [3.05, 3.63) is 105 Å². The molecule has 1 aliphatic rings. The zero-order chi connectivity index (χ0) is 25.5. The molecular weight excluding hydrogens is 538 g/mol. The van der Waals surface area contributed by atoms with Crippen LogP contribution in [0.5, 0.6) is 5.75 Å². The van der Waals surface area contributed by atoms with Gasteiger partial charge in [0.25, 0.3) is 5.91 Å². The van der Waals surface area contributed by atoms with Gasteiger partial charge in [0, 0.05) is 16.7 Å². The number of carbonyl (C=O) groups excluding carboxylic acids is 2. The Labute approximate surface area is 223 Å². The van der Waals surface area contributed by atoms with E-state index in [0.717, 1.165) is 21.3 Å². The molecular formula is C28H24BrN3O3S. The van der Waals surface area contributed by atoms with Crippen LogP contribution in [0.4, 0.5) is 5.69 Å². The summed E-state index contributed by atoms with van der Waals surface area (Å²) in [6.07, 6.45) is 1.09. The summed E-state index contributed by atoms with van der Waals surface area (Å²) in [7, 11) is 1.61. The Morgan fingerprint density at radius 3 is 2.36 bits per heavy atom. The quantitative estimate of drug-likeness (QED) is 0.300. The molecule has 0 unspecified atom stereocenters. The normalized spacial score (nSPS) is 16.4. The summed E-state index contributed by atoms with van der Waals surface area (Å²) < 4.78 is 6.13. The molecule has 2 amide bonds. The second-order valence-electron chi connectivity index (χ2n) is 8.09. The minimum atomic E-state index is -0.494. The van der Waals surface area contributed by atoms with Gasteiger partial charge in [-0.3, -0.25) is 14.5 Å². The Morgan fingerprint density at radius 1 is 1.06 bits per heavy atom. The molecule has 3 aromatic carbocycles. The number of nitrogens with one attached hydrogen (secondary N) is 1. The van der Waals surface area contributed by atoms with Crippen molar-refractivity contribution in [2.45, 2.75) is 18.1 Å². The van der Waals surface area contributed by atoms with E-state index in [1.54, 1.807) is 19.2 Å². The molecule has 4 rings (SSSR count). The lowest BCUT2D eigenvalue weighted by Crippen LogP contribution is -2.32. The molecule has 0 spiro atoms. The zero-order valence-electron chi connectivity index (χ0n) is 19.6. The number of rotatable bonds is 8. The van der Waals surface area contributed by atoms with Gasteiger partial charge in [-0.1, -0.05) is 70.2 Å². The van der Waals surface area contributed by atoms with Gasteiger partial charge >= 0.3 is 0 Å². The third-order valence-corrected chi connectivity index (χ3v) is 7.50. The number of carbonyl (C=O) groups is 2. The highest BCUT2D eigenvalue weighted by Crippen LogP contribution is 2.41. The molecule has 8 heteroatoms. The van der Waals surface area contributed by atoms with Crippen LogP contribution in [0.15, 0.2) is 93.9 Å². The van der Waals surface area contributed by atoms with Crippen molar-refractivity contribution in [1.82, 2.24) is 5.32 Å². The molecule has 1 fully saturated rings. The lowest BCUT2D eigenvalue weighted by Gasteiger charge is -2.18. The summed E-state index contributed by atoms with van der Waals surface area (Å²) in [6.45, 7) is 0.357. The molecule has 0 aliphatic carbocycles. The van der Waals surface area contributed by atoms with Crippen LogP contribution in [0.1, 0.15) is 11.1 Å². The predicted octanol–water partition coefficient (Wildman–Crippen LogP) is 5.24. The Kier molecular flexibility index (Phi) is 8.47. The van der Waals surface area contributed by atoms with Gasteiger partial charge in [0.2, 0.25) is 5.91 Å². The standard InChI is InChI=1S/C28H24BrN3O3S/c1-35-23-13-9-19(10-14-23)15-16-31-26(33)24(18-30)28-32(22-5-3-2-4-6-22)27(34)25(36-28)17-20-7-11-21(29)12-8-20/h2-14,25H,15-17H2,1H3,(H,31,33)/b28-24+/t25-/m1/s1. The number of nitrogens with zero attached hydrogens (tertiary/aromatic N) is 2. The zero-order valence-corrected chi connectivity index (χ0v) is 22.0. The van der Waals surface area contributed by atoms with Gasteiger partial charge in [-0.15, -0.1) is 0 Å². The summed E-state index contributed by atoms with van der Waals surface area (Å²) in [5.74, 6) is 0.121. The van der Waals surface area contributed by atoms with Gasteiger partial charge in [0.05, 0.1) is 12.4 Å². The van der Waals surface area contributed by atoms with Crippen molar-refractivity contribution in [2.24, 2.45) is 0 Å². The summed E-state index contributed by atoms with van der Waals surface area (Å²) in [4.78, 5) is 28.1. The smallest absolute Gasteiger partial charge is 0.264 e. The molecule has 0 aromatic heterocycles. The van der Waals surface area contributed by atoms with Crippen LogP contribution in [-0.4, -0.2) is 30.7 Å². The van der Waals surface area contributed by atoms with Crippen molar-refractivity contribution in [3.63, 3.8) is 0 Å². The highest BCUT2D eigenvalue weighted by atomic mass is 79.9. The van der Waals surface area contributed by atoms with Crippen LogP contribution in [0, 0.1) is 11.3 Å². The summed E-state index contributed by atoms with van der Waals surface area (Å²) in [5, 5.41) is 12.7. The fourth-order valence-corrected chi connectivity index (χ4v) is 5.41. The molecule has 6 nitrogen and oxygen atoms in total. The lowest BCUT2D eigenvalue weighted by molar-refractivity contribution is -0.117. The maximum absolute atomic E-state index is 13.5. The number of halogens is 1. The van der Waals surface area contributed by atoms with Crippen LogP contribution in [-0.2, 0) is 22.4 Å². The van der Waals surface area contributed by atoms with E-state index in [1.165, 1.54) is 16.7 Å². The Morgan fingerprint density at radius 2 is 1.72 bits per heavy atom. The molecule has 1 saturated heterocycles. The van der Waals surface area contributed by atoms with E-state index in [4.69, 9.17) is 4.74 Å². The monoisotopic (exact) mass is 561 g/mol. The van der Waals surface area contributed by atoms with Crippen LogP contribution >= 0.6 is 27.7 Å². The van der Waals surface area contributed by atoms with Gasteiger partial charge < -0.3 is 10.1 Å². The van der Waals surface area contributed by atoms with Crippen molar-refractivity contribution in [2.75, 3.05) is 18.6 Å². The number of methoxy groups -OCH3 is 1. The van der Waals surface area contributed by atoms with Crippen LogP contribution in [0.3, 0.4) is 0 Å². The van der Waals surface area contributed by atoms with Crippen molar-refractivity contribution in [1.29, 1.82) is 5.26 Å². The van der Waals surface area contributed by atoms with E-state index < -0.39 is 11.2 Å². The van der Waals surface area contributed by atoms with Gasteiger partial charge in [0.15, 0.2) is 0 Å².